The van der Waals surface area contributed by atoms with Gasteiger partial charge in [-0.25, -0.2) is 0 Å². The normalized spacial score (nSPS) is 11.5. The molecule has 0 bridgehead atoms. The zero-order chi connectivity index (χ0) is 15.9. The van der Waals surface area contributed by atoms with Crippen molar-refractivity contribution in [2.45, 2.75) is 13.0 Å². The summed E-state index contributed by atoms with van der Waals surface area (Å²) in [6.07, 6.45) is 0. The highest BCUT2D eigenvalue weighted by atomic mass is 35.5. The molecule has 4 nitrogen and oxygen atoms in total. The van der Waals surface area contributed by atoms with Gasteiger partial charge in [-0.05, 0) is 42.8 Å². The Morgan fingerprint density at radius 1 is 1.27 bits per heavy atom. The quantitative estimate of drug-likeness (QED) is 0.888. The zero-order valence-electron chi connectivity index (χ0n) is 12.1. The second-order valence-corrected chi connectivity index (χ2v) is 5.33. The van der Waals surface area contributed by atoms with E-state index in [2.05, 4.69) is 10.6 Å². The van der Waals surface area contributed by atoms with Crippen LogP contribution in [0.25, 0.3) is 0 Å². The number of carbonyl (C=O) groups is 1. The van der Waals surface area contributed by atoms with Crippen LogP contribution in [0.2, 0.25) is 5.02 Å². The second-order valence-electron chi connectivity index (χ2n) is 4.90. The van der Waals surface area contributed by atoms with Gasteiger partial charge in [-0.3, -0.25) is 4.79 Å². The molecule has 0 aliphatic heterocycles. The third-order valence-corrected chi connectivity index (χ3v) is 3.43. The Morgan fingerprint density at radius 2 is 2.05 bits per heavy atom. The molecule has 0 spiro atoms. The van der Waals surface area contributed by atoms with Gasteiger partial charge in [-0.1, -0.05) is 29.8 Å². The van der Waals surface area contributed by atoms with Gasteiger partial charge in [-0.15, -0.1) is 0 Å². The third-order valence-electron chi connectivity index (χ3n) is 3.19. The molecule has 2 rings (SSSR count). The summed E-state index contributed by atoms with van der Waals surface area (Å²) in [5.74, 6) is -0.163. The predicted octanol–water partition coefficient (Wildman–Crippen LogP) is 3.50. The molecule has 0 aliphatic carbocycles. The number of hydrogen-bond acceptors (Lipinski definition) is 3. The number of hydrogen-bond donors (Lipinski definition) is 2. The molecule has 0 aromatic heterocycles. The van der Waals surface area contributed by atoms with Crippen molar-refractivity contribution in [3.8, 4) is 6.07 Å². The van der Waals surface area contributed by atoms with Crippen LogP contribution in [0.3, 0.4) is 0 Å². The standard InChI is InChI=1S/C17H16ClN3O/c1-12(14-5-3-6-15(18)9-14)20-11-17(22)21-16-7-2-4-13(8-16)10-19/h2-9,12,20H,11H2,1H3,(H,21,22)/t12-/m1/s1. The Hall–Kier alpha value is -2.35. The van der Waals surface area contributed by atoms with Crippen molar-refractivity contribution in [2.75, 3.05) is 11.9 Å². The summed E-state index contributed by atoms with van der Waals surface area (Å²) >= 11 is 5.95. The van der Waals surface area contributed by atoms with Gasteiger partial charge in [0.25, 0.3) is 0 Å². The average molecular weight is 314 g/mol. The van der Waals surface area contributed by atoms with Crippen LogP contribution < -0.4 is 10.6 Å². The first kappa shape index (κ1) is 16.0. The highest BCUT2D eigenvalue weighted by molar-refractivity contribution is 6.30. The van der Waals surface area contributed by atoms with Crippen LogP contribution in [-0.4, -0.2) is 12.5 Å². The molecule has 112 valence electrons. The number of nitrogens with zero attached hydrogens (tertiary/aromatic N) is 1. The van der Waals surface area contributed by atoms with Gasteiger partial charge in [0.1, 0.15) is 0 Å². The molecule has 0 unspecified atom stereocenters. The Balaban J connectivity index is 1.88. The molecule has 2 aromatic carbocycles. The lowest BCUT2D eigenvalue weighted by Gasteiger charge is -2.14. The minimum atomic E-state index is -0.163. The van der Waals surface area contributed by atoms with E-state index in [4.69, 9.17) is 16.9 Å². The summed E-state index contributed by atoms with van der Waals surface area (Å²) in [6, 6.07) is 16.4. The number of rotatable bonds is 5. The van der Waals surface area contributed by atoms with Crippen molar-refractivity contribution in [3.05, 3.63) is 64.7 Å². The first-order valence-electron chi connectivity index (χ1n) is 6.87. The number of anilines is 1. The zero-order valence-corrected chi connectivity index (χ0v) is 12.9. The molecular weight excluding hydrogens is 298 g/mol. The SMILES string of the molecule is C[C@@H](NCC(=O)Nc1cccc(C#N)c1)c1cccc(Cl)c1. The highest BCUT2D eigenvalue weighted by Crippen LogP contribution is 2.17. The minimum Gasteiger partial charge on any atom is -0.325 e. The monoisotopic (exact) mass is 313 g/mol. The number of nitrogens with one attached hydrogen (secondary N) is 2. The maximum Gasteiger partial charge on any atom is 0.238 e. The van der Waals surface area contributed by atoms with Gasteiger partial charge in [0, 0.05) is 16.8 Å². The number of amides is 1. The lowest BCUT2D eigenvalue weighted by atomic mass is 10.1. The van der Waals surface area contributed by atoms with E-state index in [0.717, 1.165) is 5.56 Å². The summed E-state index contributed by atoms with van der Waals surface area (Å²) in [4.78, 5) is 11.9. The molecular formula is C17H16ClN3O. The van der Waals surface area contributed by atoms with Crippen LogP contribution in [0.1, 0.15) is 24.1 Å². The van der Waals surface area contributed by atoms with E-state index in [1.54, 1.807) is 24.3 Å². The smallest absolute Gasteiger partial charge is 0.238 e. The first-order chi connectivity index (χ1) is 10.6. The largest absolute Gasteiger partial charge is 0.325 e. The summed E-state index contributed by atoms with van der Waals surface area (Å²) in [5, 5.41) is 15.4. The topological polar surface area (TPSA) is 64.9 Å². The molecule has 0 saturated heterocycles. The molecule has 0 saturated carbocycles. The van der Waals surface area contributed by atoms with Crippen LogP contribution in [0.5, 0.6) is 0 Å². The van der Waals surface area contributed by atoms with Crippen molar-refractivity contribution >= 4 is 23.2 Å². The fourth-order valence-electron chi connectivity index (χ4n) is 2.01. The molecule has 5 heteroatoms. The van der Waals surface area contributed by atoms with Crippen LogP contribution in [0.4, 0.5) is 5.69 Å². The maximum atomic E-state index is 11.9. The molecule has 0 fully saturated rings. The number of carbonyl (C=O) groups excluding carboxylic acids is 1. The van der Waals surface area contributed by atoms with Gasteiger partial charge in [0.15, 0.2) is 0 Å². The average Bonchev–Trinajstić information content (AvgIpc) is 2.52. The molecule has 2 N–H and O–H groups in total. The predicted molar refractivity (Wildman–Crippen MR) is 87.7 cm³/mol. The van der Waals surface area contributed by atoms with Gasteiger partial charge >= 0.3 is 0 Å². The Kier molecular flexibility index (Phi) is 5.54. The van der Waals surface area contributed by atoms with Gasteiger partial charge in [0.2, 0.25) is 5.91 Å². The maximum absolute atomic E-state index is 11.9. The van der Waals surface area contributed by atoms with Crippen LogP contribution >= 0.6 is 11.6 Å². The van der Waals surface area contributed by atoms with E-state index in [9.17, 15) is 4.79 Å². The number of nitriles is 1. The second kappa shape index (κ2) is 7.60. The van der Waals surface area contributed by atoms with Gasteiger partial charge in [-0.2, -0.15) is 5.26 Å². The van der Waals surface area contributed by atoms with Crippen molar-refractivity contribution in [3.63, 3.8) is 0 Å². The fourth-order valence-corrected chi connectivity index (χ4v) is 2.21. The van der Waals surface area contributed by atoms with E-state index in [-0.39, 0.29) is 18.5 Å². The summed E-state index contributed by atoms with van der Waals surface area (Å²) < 4.78 is 0. The summed E-state index contributed by atoms with van der Waals surface area (Å²) in [7, 11) is 0. The van der Waals surface area contributed by atoms with E-state index >= 15 is 0 Å². The van der Waals surface area contributed by atoms with E-state index in [1.165, 1.54) is 0 Å². The molecule has 0 aliphatic rings. The highest BCUT2D eigenvalue weighted by Gasteiger charge is 2.08. The fraction of sp³-hybridized carbons (Fsp3) is 0.176. The van der Waals surface area contributed by atoms with E-state index in [0.29, 0.717) is 16.3 Å². The lowest BCUT2D eigenvalue weighted by Crippen LogP contribution is -2.30. The molecule has 22 heavy (non-hydrogen) atoms. The Labute approximate surface area is 134 Å². The minimum absolute atomic E-state index is 0.00916. The Morgan fingerprint density at radius 3 is 2.77 bits per heavy atom. The van der Waals surface area contributed by atoms with Crippen molar-refractivity contribution in [1.29, 1.82) is 5.26 Å². The molecule has 0 radical (unpaired) electrons. The Bertz CT molecular complexity index is 709. The number of benzene rings is 2. The first-order valence-corrected chi connectivity index (χ1v) is 7.25. The van der Waals surface area contributed by atoms with Crippen LogP contribution in [0, 0.1) is 11.3 Å². The van der Waals surface area contributed by atoms with Crippen molar-refractivity contribution in [1.82, 2.24) is 5.32 Å². The summed E-state index contributed by atoms with van der Waals surface area (Å²) in [5.41, 5.74) is 2.14. The van der Waals surface area contributed by atoms with Crippen molar-refractivity contribution < 1.29 is 4.79 Å². The number of halogens is 1. The molecule has 2 aromatic rings. The van der Waals surface area contributed by atoms with Gasteiger partial charge < -0.3 is 10.6 Å². The van der Waals surface area contributed by atoms with Crippen molar-refractivity contribution in [2.24, 2.45) is 0 Å². The molecule has 1 atom stereocenters. The lowest BCUT2D eigenvalue weighted by molar-refractivity contribution is -0.115. The van der Waals surface area contributed by atoms with Crippen LogP contribution in [0.15, 0.2) is 48.5 Å². The summed E-state index contributed by atoms with van der Waals surface area (Å²) in [6.45, 7) is 2.14. The van der Waals surface area contributed by atoms with E-state index < -0.39 is 0 Å². The van der Waals surface area contributed by atoms with Crippen LogP contribution in [-0.2, 0) is 4.79 Å². The van der Waals surface area contributed by atoms with Gasteiger partial charge in [0.05, 0.1) is 18.2 Å². The third kappa shape index (κ3) is 4.59. The molecule has 0 heterocycles. The van der Waals surface area contributed by atoms with E-state index in [1.807, 2.05) is 37.3 Å². The molecule has 1 amide bonds.